The quantitative estimate of drug-likeness (QED) is 0.800. The molecule has 6 nitrogen and oxygen atoms in total. The number of hydrogen-bond acceptors (Lipinski definition) is 6. The van der Waals surface area contributed by atoms with Gasteiger partial charge in [0, 0.05) is 26.2 Å². The first-order chi connectivity index (χ1) is 8.74. The molecule has 0 saturated carbocycles. The minimum absolute atomic E-state index is 0.416. The van der Waals surface area contributed by atoms with Crippen LogP contribution in [0, 0.1) is 0 Å². The second-order valence-corrected chi connectivity index (χ2v) is 4.61. The van der Waals surface area contributed by atoms with Crippen molar-refractivity contribution < 1.29 is 9.84 Å². The van der Waals surface area contributed by atoms with Gasteiger partial charge in [0.15, 0.2) is 0 Å². The topological polar surface area (TPSA) is 70.5 Å². The van der Waals surface area contributed by atoms with Crippen molar-refractivity contribution in [3.8, 4) is 0 Å². The van der Waals surface area contributed by atoms with Gasteiger partial charge < -0.3 is 15.2 Å². The average molecular weight is 273 g/mol. The highest BCUT2D eigenvalue weighted by molar-refractivity contribution is 6.30. The van der Waals surface area contributed by atoms with Crippen LogP contribution in [0.5, 0.6) is 0 Å². The van der Waals surface area contributed by atoms with E-state index in [0.29, 0.717) is 24.1 Å². The lowest BCUT2D eigenvalue weighted by Crippen LogP contribution is -2.42. The van der Waals surface area contributed by atoms with E-state index >= 15 is 0 Å². The Labute approximate surface area is 111 Å². The van der Waals surface area contributed by atoms with Crippen molar-refractivity contribution in [1.29, 1.82) is 0 Å². The zero-order valence-electron chi connectivity index (χ0n) is 10.0. The maximum Gasteiger partial charge on any atom is 0.222 e. The van der Waals surface area contributed by atoms with Gasteiger partial charge >= 0.3 is 0 Å². The predicted octanol–water partition coefficient (Wildman–Crippen LogP) is 0.235. The first kappa shape index (κ1) is 13.5. The van der Waals surface area contributed by atoms with Crippen molar-refractivity contribution in [2.45, 2.75) is 6.10 Å². The molecule has 0 amide bonds. The molecule has 2 rings (SSSR count). The van der Waals surface area contributed by atoms with Crippen LogP contribution in [-0.4, -0.2) is 65.5 Å². The monoisotopic (exact) mass is 272 g/mol. The summed E-state index contributed by atoms with van der Waals surface area (Å²) in [4.78, 5) is 10.2. The first-order valence-corrected chi connectivity index (χ1v) is 6.31. The second kappa shape index (κ2) is 6.84. The zero-order chi connectivity index (χ0) is 12.8. The van der Waals surface area contributed by atoms with Gasteiger partial charge in [-0.15, -0.1) is 0 Å². The third kappa shape index (κ3) is 4.38. The smallest absolute Gasteiger partial charge is 0.222 e. The SMILES string of the molecule is O[C@H](CNc1ncc(Cl)cn1)CN1CCOCC1. The zero-order valence-corrected chi connectivity index (χ0v) is 10.8. The Kier molecular flexibility index (Phi) is 5.12. The number of nitrogens with one attached hydrogen (secondary N) is 1. The molecule has 2 N–H and O–H groups in total. The van der Waals surface area contributed by atoms with E-state index in [1.807, 2.05) is 0 Å². The summed E-state index contributed by atoms with van der Waals surface area (Å²) in [6, 6.07) is 0. The van der Waals surface area contributed by atoms with Crippen molar-refractivity contribution in [3.05, 3.63) is 17.4 Å². The van der Waals surface area contributed by atoms with Gasteiger partial charge in [-0.3, -0.25) is 4.90 Å². The lowest BCUT2D eigenvalue weighted by molar-refractivity contribution is 0.0171. The van der Waals surface area contributed by atoms with E-state index in [9.17, 15) is 5.11 Å². The molecule has 100 valence electrons. The van der Waals surface area contributed by atoms with Crippen LogP contribution in [0.1, 0.15) is 0 Å². The van der Waals surface area contributed by atoms with Crippen molar-refractivity contribution >= 4 is 17.5 Å². The van der Waals surface area contributed by atoms with E-state index in [1.165, 1.54) is 12.4 Å². The van der Waals surface area contributed by atoms with Crippen molar-refractivity contribution in [2.24, 2.45) is 0 Å². The highest BCUT2D eigenvalue weighted by Gasteiger charge is 2.14. The first-order valence-electron chi connectivity index (χ1n) is 5.93. The van der Waals surface area contributed by atoms with Crippen LogP contribution < -0.4 is 5.32 Å². The molecule has 18 heavy (non-hydrogen) atoms. The number of hydrogen-bond donors (Lipinski definition) is 2. The van der Waals surface area contributed by atoms with Crippen LogP contribution in [0.25, 0.3) is 0 Å². The lowest BCUT2D eigenvalue weighted by atomic mass is 10.3. The Bertz CT molecular complexity index is 357. The van der Waals surface area contributed by atoms with Crippen LogP contribution in [0.2, 0.25) is 5.02 Å². The van der Waals surface area contributed by atoms with Gasteiger partial charge in [-0.1, -0.05) is 11.6 Å². The molecule has 1 fully saturated rings. The standard InChI is InChI=1S/C11H17ClN4O2/c12-9-5-13-11(14-6-9)15-7-10(17)8-16-1-3-18-4-2-16/h5-6,10,17H,1-4,7-8H2,(H,13,14,15)/t10-/m1/s1. The van der Waals surface area contributed by atoms with Crippen molar-refractivity contribution in [2.75, 3.05) is 44.7 Å². The molecule has 1 aromatic rings. The van der Waals surface area contributed by atoms with E-state index in [0.717, 1.165) is 26.3 Å². The number of ether oxygens (including phenoxy) is 1. The molecule has 0 aliphatic carbocycles. The summed E-state index contributed by atoms with van der Waals surface area (Å²) in [6.07, 6.45) is 2.58. The maximum atomic E-state index is 9.89. The number of anilines is 1. The van der Waals surface area contributed by atoms with Crippen molar-refractivity contribution in [1.82, 2.24) is 14.9 Å². The van der Waals surface area contributed by atoms with E-state index in [2.05, 4.69) is 20.2 Å². The number of β-amino-alcohol motifs (C(OH)–C–C–N with tert-alkyl or cyclic N) is 1. The van der Waals surface area contributed by atoms with Gasteiger partial charge in [-0.05, 0) is 0 Å². The number of rotatable bonds is 5. The summed E-state index contributed by atoms with van der Waals surface area (Å²) < 4.78 is 5.25. The largest absolute Gasteiger partial charge is 0.390 e. The molecule has 1 saturated heterocycles. The fourth-order valence-electron chi connectivity index (χ4n) is 1.76. The molecule has 0 radical (unpaired) electrons. The van der Waals surface area contributed by atoms with Crippen LogP contribution in [-0.2, 0) is 4.74 Å². The third-order valence-electron chi connectivity index (χ3n) is 2.69. The fourth-order valence-corrected chi connectivity index (χ4v) is 1.86. The van der Waals surface area contributed by atoms with E-state index in [4.69, 9.17) is 16.3 Å². The molecule has 0 aromatic carbocycles. The molecule has 1 atom stereocenters. The Hall–Kier alpha value is -0.950. The van der Waals surface area contributed by atoms with Crippen LogP contribution in [0.4, 0.5) is 5.95 Å². The van der Waals surface area contributed by atoms with Crippen molar-refractivity contribution in [3.63, 3.8) is 0 Å². The molecular weight excluding hydrogens is 256 g/mol. The molecule has 1 aliphatic heterocycles. The molecule has 1 aromatic heterocycles. The molecule has 2 heterocycles. The van der Waals surface area contributed by atoms with E-state index < -0.39 is 6.10 Å². The number of nitrogens with zero attached hydrogens (tertiary/aromatic N) is 3. The highest BCUT2D eigenvalue weighted by Crippen LogP contribution is 2.05. The molecule has 1 aliphatic rings. The lowest BCUT2D eigenvalue weighted by Gasteiger charge is -2.28. The highest BCUT2D eigenvalue weighted by atomic mass is 35.5. The number of halogens is 1. The van der Waals surface area contributed by atoms with Crippen LogP contribution in [0.15, 0.2) is 12.4 Å². The van der Waals surface area contributed by atoms with Crippen LogP contribution >= 0.6 is 11.6 Å². The second-order valence-electron chi connectivity index (χ2n) is 4.17. The Balaban J connectivity index is 1.70. The summed E-state index contributed by atoms with van der Waals surface area (Å²) in [5.74, 6) is 0.473. The molecule has 7 heteroatoms. The number of morpholine rings is 1. The van der Waals surface area contributed by atoms with E-state index in [-0.39, 0.29) is 0 Å². The summed E-state index contributed by atoms with van der Waals surface area (Å²) >= 11 is 5.68. The average Bonchev–Trinajstić information content (AvgIpc) is 2.39. The van der Waals surface area contributed by atoms with Gasteiger partial charge in [-0.25, -0.2) is 9.97 Å². The summed E-state index contributed by atoms with van der Waals surface area (Å²) in [5.41, 5.74) is 0. The van der Waals surface area contributed by atoms with Crippen LogP contribution in [0.3, 0.4) is 0 Å². The normalized spacial score (nSPS) is 18.6. The Morgan fingerprint density at radius 3 is 2.72 bits per heavy atom. The maximum absolute atomic E-state index is 9.89. The molecule has 0 unspecified atom stereocenters. The Morgan fingerprint density at radius 2 is 2.06 bits per heavy atom. The molecule has 0 spiro atoms. The number of aliphatic hydroxyl groups excluding tert-OH is 1. The fraction of sp³-hybridized carbons (Fsp3) is 0.636. The van der Waals surface area contributed by atoms with Gasteiger partial charge in [-0.2, -0.15) is 0 Å². The third-order valence-corrected chi connectivity index (χ3v) is 2.88. The van der Waals surface area contributed by atoms with Gasteiger partial charge in [0.25, 0.3) is 0 Å². The Morgan fingerprint density at radius 1 is 1.39 bits per heavy atom. The van der Waals surface area contributed by atoms with Gasteiger partial charge in [0.1, 0.15) is 0 Å². The molecule has 0 bridgehead atoms. The summed E-state index contributed by atoms with van der Waals surface area (Å²) in [7, 11) is 0. The molecular formula is C11H17ClN4O2. The number of aliphatic hydroxyl groups is 1. The minimum Gasteiger partial charge on any atom is -0.390 e. The minimum atomic E-state index is -0.456. The van der Waals surface area contributed by atoms with Gasteiger partial charge in [0.2, 0.25) is 5.95 Å². The van der Waals surface area contributed by atoms with Gasteiger partial charge in [0.05, 0.1) is 36.7 Å². The predicted molar refractivity (Wildman–Crippen MR) is 68.8 cm³/mol. The van der Waals surface area contributed by atoms with E-state index in [1.54, 1.807) is 0 Å². The summed E-state index contributed by atoms with van der Waals surface area (Å²) in [6.45, 7) is 4.26. The summed E-state index contributed by atoms with van der Waals surface area (Å²) in [5, 5.41) is 13.4. The number of aromatic nitrogens is 2.